The molecule has 1 saturated carbocycles. The molecule has 19 heavy (non-hydrogen) atoms. The summed E-state index contributed by atoms with van der Waals surface area (Å²) in [7, 11) is 0. The summed E-state index contributed by atoms with van der Waals surface area (Å²) < 4.78 is 5.79. The third kappa shape index (κ3) is 2.81. The second-order valence-electron chi connectivity index (χ2n) is 5.03. The van der Waals surface area contributed by atoms with Crippen molar-refractivity contribution < 1.29 is 9.84 Å². The van der Waals surface area contributed by atoms with Crippen LogP contribution in [0.1, 0.15) is 25.7 Å². The van der Waals surface area contributed by atoms with E-state index in [4.69, 9.17) is 9.84 Å². The zero-order valence-corrected chi connectivity index (χ0v) is 10.7. The Balaban J connectivity index is 1.68. The Morgan fingerprint density at radius 1 is 1.05 bits per heavy atom. The molecule has 1 fully saturated rings. The Labute approximate surface area is 111 Å². The average Bonchev–Trinajstić information content (AvgIpc) is 2.48. The van der Waals surface area contributed by atoms with Crippen LogP contribution >= 0.6 is 0 Å². The first kappa shape index (κ1) is 12.3. The number of rotatable bonds is 3. The molecule has 100 valence electrons. The Morgan fingerprint density at radius 2 is 1.79 bits per heavy atom. The lowest BCUT2D eigenvalue weighted by Crippen LogP contribution is -2.26. The van der Waals surface area contributed by atoms with E-state index < -0.39 is 0 Å². The molecule has 2 aromatic rings. The van der Waals surface area contributed by atoms with Crippen LogP contribution in [-0.2, 0) is 0 Å². The lowest BCUT2D eigenvalue weighted by atomic mass is 9.88. The summed E-state index contributed by atoms with van der Waals surface area (Å²) in [6.07, 6.45) is 4.04. The molecule has 0 saturated heterocycles. The molecule has 0 aliphatic heterocycles. The molecule has 5 heteroatoms. The van der Waals surface area contributed by atoms with Crippen molar-refractivity contribution >= 4 is 11.0 Å². The quantitative estimate of drug-likeness (QED) is 0.912. The Morgan fingerprint density at radius 3 is 2.53 bits per heavy atom. The fraction of sp³-hybridized carbons (Fsp3) is 0.500. The molecule has 1 heterocycles. The highest BCUT2D eigenvalue weighted by Gasteiger charge is 2.22. The third-order valence-corrected chi connectivity index (χ3v) is 3.67. The van der Waals surface area contributed by atoms with Crippen LogP contribution in [0.5, 0.6) is 6.01 Å². The molecule has 3 rings (SSSR count). The van der Waals surface area contributed by atoms with Gasteiger partial charge in [-0.2, -0.15) is 4.98 Å². The first-order valence-corrected chi connectivity index (χ1v) is 6.72. The van der Waals surface area contributed by atoms with Crippen LogP contribution in [0, 0.1) is 5.92 Å². The van der Waals surface area contributed by atoms with Crippen molar-refractivity contribution in [2.75, 3.05) is 6.61 Å². The minimum atomic E-state index is 0.144. The van der Waals surface area contributed by atoms with E-state index in [0.29, 0.717) is 11.9 Å². The predicted molar refractivity (Wildman–Crippen MR) is 70.8 cm³/mol. The number of aliphatic hydroxyl groups is 1. The Hall–Kier alpha value is -1.75. The van der Waals surface area contributed by atoms with Crippen molar-refractivity contribution in [3.05, 3.63) is 24.3 Å². The second kappa shape index (κ2) is 5.48. The number of nitrogens with zero attached hydrogens (tertiary/aromatic N) is 3. The van der Waals surface area contributed by atoms with Gasteiger partial charge in [0.2, 0.25) is 0 Å². The molecule has 0 bridgehead atoms. The summed E-state index contributed by atoms with van der Waals surface area (Å²) in [4.78, 5) is 4.36. The maximum absolute atomic E-state index is 9.11. The lowest BCUT2D eigenvalue weighted by molar-refractivity contribution is 0.0961. The van der Waals surface area contributed by atoms with Gasteiger partial charge in [0.15, 0.2) is 0 Å². The van der Waals surface area contributed by atoms with E-state index >= 15 is 0 Å². The summed E-state index contributed by atoms with van der Waals surface area (Å²) in [5.41, 5.74) is 1.58. The minimum Gasteiger partial charge on any atom is -0.459 e. The van der Waals surface area contributed by atoms with Gasteiger partial charge in [0.05, 0.1) is 5.52 Å². The summed E-state index contributed by atoms with van der Waals surface area (Å²) in [6.45, 7) is 0.279. The highest BCUT2D eigenvalue weighted by Crippen LogP contribution is 2.26. The van der Waals surface area contributed by atoms with Crippen LogP contribution in [0.2, 0.25) is 0 Å². The molecule has 1 aromatic heterocycles. The molecule has 1 N–H and O–H groups in total. The molecule has 0 radical (unpaired) electrons. The molecule has 1 aromatic carbocycles. The standard InChI is InChI=1S/C14H17N3O2/c18-9-10-5-7-11(8-6-10)19-14-15-12-3-1-2-4-13(12)16-17-14/h1-4,10-11,18H,5-9H2. The number of hydrogen-bond donors (Lipinski definition) is 1. The zero-order chi connectivity index (χ0) is 13.1. The largest absolute Gasteiger partial charge is 0.459 e. The summed E-state index contributed by atoms with van der Waals surface area (Å²) in [6, 6.07) is 7.97. The molecular formula is C14H17N3O2. The molecule has 5 nitrogen and oxygen atoms in total. The highest BCUT2D eigenvalue weighted by molar-refractivity contribution is 5.73. The normalized spacial score (nSPS) is 23.4. The number of aliphatic hydroxyl groups excluding tert-OH is 1. The molecule has 0 atom stereocenters. The summed E-state index contributed by atoms with van der Waals surface area (Å²) in [5.74, 6) is 0.426. The van der Waals surface area contributed by atoms with Gasteiger partial charge >= 0.3 is 6.01 Å². The molecular weight excluding hydrogens is 242 g/mol. The van der Waals surface area contributed by atoms with Crippen molar-refractivity contribution in [2.24, 2.45) is 5.92 Å². The Bertz CT molecular complexity index is 553. The fourth-order valence-corrected chi connectivity index (χ4v) is 2.50. The maximum atomic E-state index is 9.11. The van der Waals surface area contributed by atoms with Gasteiger partial charge in [0.25, 0.3) is 0 Å². The molecule has 1 aliphatic rings. The van der Waals surface area contributed by atoms with Crippen molar-refractivity contribution in [2.45, 2.75) is 31.8 Å². The van der Waals surface area contributed by atoms with E-state index in [2.05, 4.69) is 15.2 Å². The number of aromatic nitrogens is 3. The molecule has 0 spiro atoms. The van der Waals surface area contributed by atoms with E-state index in [-0.39, 0.29) is 12.7 Å². The van der Waals surface area contributed by atoms with Crippen molar-refractivity contribution in [1.82, 2.24) is 15.2 Å². The summed E-state index contributed by atoms with van der Waals surface area (Å²) >= 11 is 0. The highest BCUT2D eigenvalue weighted by atomic mass is 16.5. The Kier molecular flexibility index (Phi) is 3.55. The number of ether oxygens (including phenoxy) is 1. The topological polar surface area (TPSA) is 68.1 Å². The molecule has 0 unspecified atom stereocenters. The van der Waals surface area contributed by atoms with E-state index in [1.807, 2.05) is 24.3 Å². The van der Waals surface area contributed by atoms with Crippen LogP contribution in [0.3, 0.4) is 0 Å². The fourth-order valence-electron chi connectivity index (χ4n) is 2.50. The van der Waals surface area contributed by atoms with Crippen LogP contribution in [0.15, 0.2) is 24.3 Å². The second-order valence-corrected chi connectivity index (χ2v) is 5.03. The first-order valence-electron chi connectivity index (χ1n) is 6.72. The zero-order valence-electron chi connectivity index (χ0n) is 10.7. The molecule has 1 aliphatic carbocycles. The van der Waals surface area contributed by atoms with Crippen LogP contribution in [0.4, 0.5) is 0 Å². The average molecular weight is 259 g/mol. The number of fused-ring (bicyclic) bond motifs is 1. The van der Waals surface area contributed by atoms with Gasteiger partial charge in [-0.3, -0.25) is 0 Å². The van der Waals surface area contributed by atoms with Crippen LogP contribution in [-0.4, -0.2) is 33.0 Å². The van der Waals surface area contributed by atoms with Crippen molar-refractivity contribution in [3.63, 3.8) is 0 Å². The monoisotopic (exact) mass is 259 g/mol. The SMILES string of the molecule is OCC1CCC(Oc2nnc3ccccc3n2)CC1. The molecule has 0 amide bonds. The van der Waals surface area contributed by atoms with Gasteiger partial charge in [0.1, 0.15) is 11.6 Å². The van der Waals surface area contributed by atoms with Gasteiger partial charge in [-0.05, 0) is 43.7 Å². The van der Waals surface area contributed by atoms with Gasteiger partial charge in [-0.1, -0.05) is 17.2 Å². The van der Waals surface area contributed by atoms with Gasteiger partial charge < -0.3 is 9.84 Å². The third-order valence-electron chi connectivity index (χ3n) is 3.67. The van der Waals surface area contributed by atoms with Gasteiger partial charge in [0, 0.05) is 6.61 Å². The smallest absolute Gasteiger partial charge is 0.336 e. The van der Waals surface area contributed by atoms with E-state index in [1.165, 1.54) is 0 Å². The van der Waals surface area contributed by atoms with E-state index in [0.717, 1.165) is 36.7 Å². The number of hydrogen-bond acceptors (Lipinski definition) is 5. The lowest BCUT2D eigenvalue weighted by Gasteiger charge is -2.26. The number of benzene rings is 1. The van der Waals surface area contributed by atoms with Crippen molar-refractivity contribution in [3.8, 4) is 6.01 Å². The predicted octanol–water partition coefficient (Wildman–Crippen LogP) is 1.95. The minimum absolute atomic E-state index is 0.144. The van der Waals surface area contributed by atoms with Gasteiger partial charge in [-0.25, -0.2) is 0 Å². The van der Waals surface area contributed by atoms with E-state index in [1.54, 1.807) is 0 Å². The van der Waals surface area contributed by atoms with Gasteiger partial charge in [-0.15, -0.1) is 5.10 Å². The van der Waals surface area contributed by atoms with Crippen molar-refractivity contribution in [1.29, 1.82) is 0 Å². The van der Waals surface area contributed by atoms with E-state index in [9.17, 15) is 0 Å². The first-order chi connectivity index (χ1) is 9.35. The van der Waals surface area contributed by atoms with Crippen LogP contribution in [0.25, 0.3) is 11.0 Å². The number of para-hydroxylation sites is 1. The maximum Gasteiger partial charge on any atom is 0.336 e. The summed E-state index contributed by atoms with van der Waals surface area (Å²) in [5, 5.41) is 17.2. The van der Waals surface area contributed by atoms with Crippen LogP contribution < -0.4 is 4.74 Å².